The maximum Gasteiger partial charge on any atom is 0.234 e. The van der Waals surface area contributed by atoms with Gasteiger partial charge in [-0.3, -0.25) is 14.9 Å². The number of halogens is 1. The lowest BCUT2D eigenvalue weighted by Crippen LogP contribution is -2.46. The summed E-state index contributed by atoms with van der Waals surface area (Å²) < 4.78 is 14.0. The summed E-state index contributed by atoms with van der Waals surface area (Å²) in [5.41, 5.74) is 0.425. The molecule has 1 aromatic carbocycles. The molecule has 2 aliphatic rings. The van der Waals surface area contributed by atoms with E-state index in [2.05, 4.69) is 5.32 Å². The fraction of sp³-hybridized carbons (Fsp3) is 0.500. The van der Waals surface area contributed by atoms with Crippen LogP contribution in [-0.2, 0) is 9.59 Å². The lowest BCUT2D eigenvalue weighted by atomic mass is 9.72. The van der Waals surface area contributed by atoms with Gasteiger partial charge in [-0.2, -0.15) is 0 Å². The number of benzene rings is 1. The second-order valence-corrected chi connectivity index (χ2v) is 5.82. The molecule has 3 rings (SSSR count). The predicted octanol–water partition coefficient (Wildman–Crippen LogP) is 2.76. The Labute approximate surface area is 117 Å². The third-order valence-electron chi connectivity index (χ3n) is 4.64. The predicted molar refractivity (Wildman–Crippen MR) is 72.4 cm³/mol. The maximum atomic E-state index is 14.0. The zero-order chi connectivity index (χ0) is 14.1. The van der Waals surface area contributed by atoms with E-state index >= 15 is 0 Å². The van der Waals surface area contributed by atoms with E-state index in [0.717, 1.165) is 25.7 Å². The SMILES string of the molecule is O=C1CC(C2CCCC2)C(c2ccccc2F)C(=O)N1. The summed E-state index contributed by atoms with van der Waals surface area (Å²) in [5.74, 6) is -1.16. The van der Waals surface area contributed by atoms with Crippen molar-refractivity contribution < 1.29 is 14.0 Å². The first-order valence-corrected chi connectivity index (χ1v) is 7.25. The zero-order valence-electron chi connectivity index (χ0n) is 11.3. The summed E-state index contributed by atoms with van der Waals surface area (Å²) in [6.45, 7) is 0. The molecule has 1 heterocycles. The van der Waals surface area contributed by atoms with Crippen LogP contribution in [0, 0.1) is 17.7 Å². The molecule has 0 radical (unpaired) electrons. The average molecular weight is 275 g/mol. The van der Waals surface area contributed by atoms with Crippen molar-refractivity contribution >= 4 is 11.8 Å². The molecule has 1 aliphatic heterocycles. The van der Waals surface area contributed by atoms with E-state index in [9.17, 15) is 14.0 Å². The number of piperidine rings is 1. The van der Waals surface area contributed by atoms with Gasteiger partial charge in [-0.15, -0.1) is 0 Å². The molecule has 106 valence electrons. The lowest BCUT2D eigenvalue weighted by molar-refractivity contribution is -0.137. The monoisotopic (exact) mass is 275 g/mol. The summed E-state index contributed by atoms with van der Waals surface area (Å²) in [4.78, 5) is 23.9. The Hall–Kier alpha value is -1.71. The first kappa shape index (κ1) is 13.3. The Morgan fingerprint density at radius 2 is 1.80 bits per heavy atom. The Morgan fingerprint density at radius 3 is 2.50 bits per heavy atom. The number of rotatable bonds is 2. The number of carbonyl (C=O) groups is 2. The molecular weight excluding hydrogens is 257 g/mol. The van der Waals surface area contributed by atoms with E-state index in [1.54, 1.807) is 18.2 Å². The molecule has 1 saturated carbocycles. The van der Waals surface area contributed by atoms with E-state index < -0.39 is 5.92 Å². The smallest absolute Gasteiger partial charge is 0.234 e. The highest BCUT2D eigenvalue weighted by Gasteiger charge is 2.42. The van der Waals surface area contributed by atoms with Crippen molar-refractivity contribution in [3.8, 4) is 0 Å². The highest BCUT2D eigenvalue weighted by Crippen LogP contribution is 2.43. The molecule has 2 amide bonds. The number of hydrogen-bond acceptors (Lipinski definition) is 2. The Balaban J connectivity index is 1.97. The number of amides is 2. The van der Waals surface area contributed by atoms with Crippen molar-refractivity contribution in [2.45, 2.75) is 38.0 Å². The normalized spacial score (nSPS) is 27.6. The summed E-state index contributed by atoms with van der Waals surface area (Å²) in [7, 11) is 0. The zero-order valence-corrected chi connectivity index (χ0v) is 11.3. The molecule has 2 unspecified atom stereocenters. The summed E-state index contributed by atoms with van der Waals surface area (Å²) in [5, 5.41) is 2.36. The quantitative estimate of drug-likeness (QED) is 0.844. The molecule has 1 N–H and O–H groups in total. The van der Waals surface area contributed by atoms with Crippen LogP contribution in [0.4, 0.5) is 4.39 Å². The Morgan fingerprint density at radius 1 is 1.10 bits per heavy atom. The third kappa shape index (κ3) is 2.35. The number of carbonyl (C=O) groups excluding carboxylic acids is 2. The molecule has 2 fully saturated rings. The minimum atomic E-state index is -0.531. The van der Waals surface area contributed by atoms with E-state index in [-0.39, 0.29) is 23.5 Å². The minimum absolute atomic E-state index is 0.0596. The van der Waals surface area contributed by atoms with Crippen LogP contribution < -0.4 is 5.32 Å². The van der Waals surface area contributed by atoms with Crippen LogP contribution >= 0.6 is 0 Å². The fourth-order valence-electron chi connectivity index (χ4n) is 3.72. The van der Waals surface area contributed by atoms with E-state index in [1.807, 2.05) is 0 Å². The number of imide groups is 1. The topological polar surface area (TPSA) is 46.2 Å². The van der Waals surface area contributed by atoms with Crippen LogP contribution in [0.1, 0.15) is 43.6 Å². The first-order chi connectivity index (χ1) is 9.66. The summed E-state index contributed by atoms with van der Waals surface area (Å²) >= 11 is 0. The second-order valence-electron chi connectivity index (χ2n) is 5.82. The van der Waals surface area contributed by atoms with Crippen LogP contribution in [0.3, 0.4) is 0 Å². The number of hydrogen-bond donors (Lipinski definition) is 1. The minimum Gasteiger partial charge on any atom is -0.296 e. The van der Waals surface area contributed by atoms with Gasteiger partial charge in [0.2, 0.25) is 11.8 Å². The van der Waals surface area contributed by atoms with Gasteiger partial charge in [0.05, 0.1) is 5.92 Å². The molecule has 1 saturated heterocycles. The van der Waals surface area contributed by atoms with Crippen LogP contribution in [0.2, 0.25) is 0 Å². The summed E-state index contributed by atoms with van der Waals surface area (Å²) in [6, 6.07) is 6.41. The van der Waals surface area contributed by atoms with E-state index in [1.165, 1.54) is 6.07 Å². The third-order valence-corrected chi connectivity index (χ3v) is 4.64. The molecule has 2 atom stereocenters. The van der Waals surface area contributed by atoms with Crippen molar-refractivity contribution in [3.05, 3.63) is 35.6 Å². The number of nitrogens with one attached hydrogen (secondary N) is 1. The highest BCUT2D eigenvalue weighted by molar-refractivity contribution is 6.01. The Bertz CT molecular complexity index is 537. The molecule has 0 aromatic heterocycles. The van der Waals surface area contributed by atoms with Crippen molar-refractivity contribution in [2.24, 2.45) is 11.8 Å². The van der Waals surface area contributed by atoms with Gasteiger partial charge in [0.25, 0.3) is 0 Å². The fourth-order valence-corrected chi connectivity index (χ4v) is 3.72. The van der Waals surface area contributed by atoms with Gasteiger partial charge in [-0.05, 0) is 17.9 Å². The molecule has 3 nitrogen and oxygen atoms in total. The van der Waals surface area contributed by atoms with Crippen LogP contribution in [0.5, 0.6) is 0 Å². The highest BCUT2D eigenvalue weighted by atomic mass is 19.1. The molecule has 4 heteroatoms. The van der Waals surface area contributed by atoms with Crippen LogP contribution in [0.15, 0.2) is 24.3 Å². The molecule has 0 bridgehead atoms. The molecular formula is C16H18FNO2. The van der Waals surface area contributed by atoms with Crippen LogP contribution in [-0.4, -0.2) is 11.8 Å². The molecule has 0 spiro atoms. The van der Waals surface area contributed by atoms with E-state index in [0.29, 0.717) is 17.9 Å². The Kier molecular flexibility index (Phi) is 3.55. The summed E-state index contributed by atoms with van der Waals surface area (Å²) in [6.07, 6.45) is 4.68. The van der Waals surface area contributed by atoms with Gasteiger partial charge < -0.3 is 0 Å². The van der Waals surface area contributed by atoms with Crippen molar-refractivity contribution in [1.82, 2.24) is 5.32 Å². The van der Waals surface area contributed by atoms with Gasteiger partial charge in [0.15, 0.2) is 0 Å². The standard InChI is InChI=1S/C16H18FNO2/c17-13-8-4-3-7-11(13)15-12(10-5-1-2-6-10)9-14(19)18-16(15)20/h3-4,7-8,10,12,15H,1-2,5-6,9H2,(H,18,19,20). The van der Waals surface area contributed by atoms with Gasteiger partial charge in [-0.1, -0.05) is 43.9 Å². The van der Waals surface area contributed by atoms with Crippen molar-refractivity contribution in [3.63, 3.8) is 0 Å². The first-order valence-electron chi connectivity index (χ1n) is 7.25. The van der Waals surface area contributed by atoms with Gasteiger partial charge in [0.1, 0.15) is 5.82 Å². The van der Waals surface area contributed by atoms with Crippen LogP contribution in [0.25, 0.3) is 0 Å². The second kappa shape index (κ2) is 5.35. The van der Waals surface area contributed by atoms with Gasteiger partial charge in [-0.25, -0.2) is 4.39 Å². The van der Waals surface area contributed by atoms with Gasteiger partial charge >= 0.3 is 0 Å². The maximum absolute atomic E-state index is 14.0. The van der Waals surface area contributed by atoms with E-state index in [4.69, 9.17) is 0 Å². The van der Waals surface area contributed by atoms with Crippen molar-refractivity contribution in [1.29, 1.82) is 0 Å². The molecule has 1 aromatic rings. The van der Waals surface area contributed by atoms with Gasteiger partial charge in [0, 0.05) is 12.0 Å². The molecule has 20 heavy (non-hydrogen) atoms. The largest absolute Gasteiger partial charge is 0.296 e. The lowest BCUT2D eigenvalue weighted by Gasteiger charge is -2.34. The van der Waals surface area contributed by atoms with Crippen molar-refractivity contribution in [2.75, 3.05) is 0 Å². The average Bonchev–Trinajstić information content (AvgIpc) is 2.93. The molecule has 1 aliphatic carbocycles.